The second kappa shape index (κ2) is 9.69. The number of amides is 2. The summed E-state index contributed by atoms with van der Waals surface area (Å²) in [5, 5.41) is 0. The van der Waals surface area contributed by atoms with Gasteiger partial charge in [0.1, 0.15) is 5.70 Å². The van der Waals surface area contributed by atoms with Crippen molar-refractivity contribution >= 4 is 17.4 Å². The third-order valence-corrected chi connectivity index (χ3v) is 6.47. The van der Waals surface area contributed by atoms with Crippen LogP contribution in [0.1, 0.15) is 31.4 Å². The quantitative estimate of drug-likeness (QED) is 0.599. The van der Waals surface area contributed by atoms with E-state index in [1.165, 1.54) is 4.90 Å². The van der Waals surface area contributed by atoms with E-state index in [1.807, 2.05) is 36.4 Å². The van der Waals surface area contributed by atoms with Gasteiger partial charge >= 0.3 is 0 Å². The van der Waals surface area contributed by atoms with E-state index in [2.05, 4.69) is 18.7 Å². The molecule has 6 heteroatoms. The molecule has 0 bridgehead atoms. The van der Waals surface area contributed by atoms with Crippen molar-refractivity contribution in [3.63, 3.8) is 0 Å². The van der Waals surface area contributed by atoms with E-state index in [9.17, 15) is 9.59 Å². The molecule has 0 spiro atoms. The number of methoxy groups -OCH3 is 2. The molecule has 0 aliphatic carbocycles. The van der Waals surface area contributed by atoms with Crippen molar-refractivity contribution < 1.29 is 19.1 Å². The Hall–Kier alpha value is -3.28. The van der Waals surface area contributed by atoms with Crippen molar-refractivity contribution in [2.24, 2.45) is 11.8 Å². The zero-order chi connectivity index (χ0) is 23.5. The van der Waals surface area contributed by atoms with E-state index in [4.69, 9.17) is 9.47 Å². The molecule has 2 atom stereocenters. The van der Waals surface area contributed by atoms with Crippen molar-refractivity contribution in [3.8, 4) is 11.5 Å². The summed E-state index contributed by atoms with van der Waals surface area (Å²) in [5.74, 6) is 1.57. The highest BCUT2D eigenvalue weighted by molar-refractivity contribution is 6.35. The van der Waals surface area contributed by atoms with Gasteiger partial charge in [-0.1, -0.05) is 50.2 Å². The molecule has 2 amide bonds. The highest BCUT2D eigenvalue weighted by Gasteiger charge is 2.42. The summed E-state index contributed by atoms with van der Waals surface area (Å²) in [5.41, 5.74) is 2.74. The first kappa shape index (κ1) is 22.9. The minimum Gasteiger partial charge on any atom is -0.493 e. The largest absolute Gasteiger partial charge is 0.493 e. The van der Waals surface area contributed by atoms with E-state index < -0.39 is 0 Å². The van der Waals surface area contributed by atoms with Crippen molar-refractivity contribution in [3.05, 3.63) is 65.4 Å². The monoisotopic (exact) mass is 448 g/mol. The zero-order valence-electron chi connectivity index (χ0n) is 19.8. The molecule has 1 fully saturated rings. The molecular weight excluding hydrogens is 416 g/mol. The van der Waals surface area contributed by atoms with Gasteiger partial charge < -0.3 is 14.4 Å². The van der Waals surface area contributed by atoms with E-state index in [1.54, 1.807) is 26.4 Å². The Balaban J connectivity index is 1.73. The number of likely N-dealkylation sites (tertiary alicyclic amines) is 1. The van der Waals surface area contributed by atoms with Gasteiger partial charge in [-0.15, -0.1) is 0 Å². The summed E-state index contributed by atoms with van der Waals surface area (Å²) < 4.78 is 10.8. The molecule has 2 heterocycles. The van der Waals surface area contributed by atoms with Crippen LogP contribution in [-0.4, -0.2) is 55.5 Å². The SMILES string of the molecule is COc1ccc(C2=C(N3CC(C)CC(C)C3)C(=O)N(CCc3ccccc3)C2=O)cc1OC. The number of piperidine rings is 1. The Morgan fingerprint density at radius 1 is 0.879 bits per heavy atom. The van der Waals surface area contributed by atoms with Crippen LogP contribution < -0.4 is 9.47 Å². The van der Waals surface area contributed by atoms with Gasteiger partial charge in [0.25, 0.3) is 11.8 Å². The molecule has 4 rings (SSSR count). The number of hydrogen-bond acceptors (Lipinski definition) is 5. The van der Waals surface area contributed by atoms with Gasteiger partial charge in [0.05, 0.1) is 19.8 Å². The zero-order valence-corrected chi connectivity index (χ0v) is 19.8. The second-order valence-corrected chi connectivity index (χ2v) is 9.14. The average Bonchev–Trinajstić information content (AvgIpc) is 3.06. The molecule has 0 radical (unpaired) electrons. The molecule has 2 aliphatic heterocycles. The van der Waals surface area contributed by atoms with Gasteiger partial charge in [0.2, 0.25) is 0 Å². The molecule has 6 nitrogen and oxygen atoms in total. The Kier molecular flexibility index (Phi) is 6.72. The molecule has 2 aromatic carbocycles. The van der Waals surface area contributed by atoms with Crippen LogP contribution >= 0.6 is 0 Å². The van der Waals surface area contributed by atoms with Crippen LogP contribution in [0.4, 0.5) is 0 Å². The van der Waals surface area contributed by atoms with E-state index in [0.29, 0.717) is 53.1 Å². The maximum Gasteiger partial charge on any atom is 0.277 e. The highest BCUT2D eigenvalue weighted by Crippen LogP contribution is 2.38. The predicted octanol–water partition coefficient (Wildman–Crippen LogP) is 4.00. The van der Waals surface area contributed by atoms with Crippen LogP contribution in [-0.2, 0) is 16.0 Å². The number of ether oxygens (including phenoxy) is 2. The summed E-state index contributed by atoms with van der Waals surface area (Å²) in [6.45, 7) is 6.28. The van der Waals surface area contributed by atoms with Crippen LogP contribution in [0.3, 0.4) is 0 Å². The van der Waals surface area contributed by atoms with Gasteiger partial charge in [0.15, 0.2) is 11.5 Å². The fraction of sp³-hybridized carbons (Fsp3) is 0.407. The van der Waals surface area contributed by atoms with Crippen LogP contribution in [0, 0.1) is 11.8 Å². The lowest BCUT2D eigenvalue weighted by molar-refractivity contribution is -0.137. The number of carbonyl (C=O) groups excluding carboxylic acids is 2. The summed E-state index contributed by atoms with van der Waals surface area (Å²) >= 11 is 0. The average molecular weight is 449 g/mol. The number of hydrogen-bond donors (Lipinski definition) is 0. The van der Waals surface area contributed by atoms with Crippen molar-refractivity contribution in [1.29, 1.82) is 0 Å². The predicted molar refractivity (Wildman–Crippen MR) is 128 cm³/mol. The van der Waals surface area contributed by atoms with Crippen LogP contribution in [0.5, 0.6) is 11.5 Å². The minimum atomic E-state index is -0.246. The fourth-order valence-corrected chi connectivity index (χ4v) is 5.04. The van der Waals surface area contributed by atoms with Crippen LogP contribution in [0.2, 0.25) is 0 Å². The molecule has 174 valence electrons. The highest BCUT2D eigenvalue weighted by atomic mass is 16.5. The normalized spacial score (nSPS) is 21.1. The van der Waals surface area contributed by atoms with E-state index in [-0.39, 0.29) is 11.8 Å². The Labute approximate surface area is 195 Å². The van der Waals surface area contributed by atoms with Crippen LogP contribution in [0.25, 0.3) is 5.57 Å². The standard InChI is InChI=1S/C27H32N2O4/c1-18-14-19(2)17-28(16-18)25-24(21-10-11-22(32-3)23(15-21)33-4)26(30)29(27(25)31)13-12-20-8-6-5-7-9-20/h5-11,15,18-19H,12-14,16-17H2,1-4H3. The first-order valence-electron chi connectivity index (χ1n) is 11.5. The Morgan fingerprint density at radius 3 is 2.18 bits per heavy atom. The third-order valence-electron chi connectivity index (χ3n) is 6.47. The van der Waals surface area contributed by atoms with Crippen molar-refractivity contribution in [2.45, 2.75) is 26.7 Å². The lowest BCUT2D eigenvalue weighted by Gasteiger charge is -2.37. The summed E-state index contributed by atoms with van der Waals surface area (Å²) in [4.78, 5) is 30.8. The molecule has 2 unspecified atom stereocenters. The van der Waals surface area contributed by atoms with Crippen LogP contribution in [0.15, 0.2) is 54.2 Å². The molecule has 1 saturated heterocycles. The summed E-state index contributed by atoms with van der Waals surface area (Å²) in [6.07, 6.45) is 1.74. The maximum atomic E-state index is 13.7. The molecule has 0 N–H and O–H groups in total. The molecule has 0 saturated carbocycles. The minimum absolute atomic E-state index is 0.206. The number of imide groups is 1. The first-order chi connectivity index (χ1) is 15.9. The van der Waals surface area contributed by atoms with Crippen molar-refractivity contribution in [2.75, 3.05) is 33.9 Å². The molecule has 0 aromatic heterocycles. The molecule has 33 heavy (non-hydrogen) atoms. The Morgan fingerprint density at radius 2 is 1.55 bits per heavy atom. The Bertz CT molecular complexity index is 1050. The third kappa shape index (κ3) is 4.61. The van der Waals surface area contributed by atoms with E-state index >= 15 is 0 Å². The lowest BCUT2D eigenvalue weighted by atomic mass is 9.91. The maximum absolute atomic E-state index is 13.7. The topological polar surface area (TPSA) is 59.1 Å². The van der Waals surface area contributed by atoms with Gasteiger partial charge in [-0.3, -0.25) is 14.5 Å². The molecule has 2 aromatic rings. The second-order valence-electron chi connectivity index (χ2n) is 9.14. The van der Waals surface area contributed by atoms with Gasteiger partial charge in [0, 0.05) is 19.6 Å². The first-order valence-corrected chi connectivity index (χ1v) is 11.5. The van der Waals surface area contributed by atoms with Crippen molar-refractivity contribution in [1.82, 2.24) is 9.80 Å². The molecular formula is C27H32N2O4. The van der Waals surface area contributed by atoms with Gasteiger partial charge in [-0.25, -0.2) is 0 Å². The smallest absolute Gasteiger partial charge is 0.277 e. The number of carbonyl (C=O) groups is 2. The summed E-state index contributed by atoms with van der Waals surface area (Å²) in [7, 11) is 3.15. The van der Waals surface area contributed by atoms with Gasteiger partial charge in [-0.2, -0.15) is 0 Å². The fourth-order valence-electron chi connectivity index (χ4n) is 5.04. The number of rotatable bonds is 7. The summed E-state index contributed by atoms with van der Waals surface area (Å²) in [6, 6.07) is 15.3. The number of benzene rings is 2. The lowest BCUT2D eigenvalue weighted by Crippen LogP contribution is -2.42. The van der Waals surface area contributed by atoms with E-state index in [0.717, 1.165) is 25.1 Å². The van der Waals surface area contributed by atoms with Gasteiger partial charge in [-0.05, 0) is 47.9 Å². The number of nitrogens with zero attached hydrogens (tertiary/aromatic N) is 2. The molecule has 2 aliphatic rings.